The lowest BCUT2D eigenvalue weighted by Crippen LogP contribution is -2.42. The molecule has 1 aromatic rings. The quantitative estimate of drug-likeness (QED) is 0.380. The molecular formula is C11H13Cl3N2O2. The van der Waals surface area contributed by atoms with Crippen molar-refractivity contribution in [3.8, 4) is 5.75 Å². The van der Waals surface area contributed by atoms with Gasteiger partial charge in [0.05, 0.1) is 15.1 Å². The van der Waals surface area contributed by atoms with Gasteiger partial charge in [-0.25, -0.2) is 5.84 Å². The Morgan fingerprint density at radius 3 is 2.50 bits per heavy atom. The highest BCUT2D eigenvalue weighted by atomic mass is 35.5. The number of benzene rings is 1. The normalized spacial score (nSPS) is 12.1. The summed E-state index contributed by atoms with van der Waals surface area (Å²) >= 11 is 17.6. The van der Waals surface area contributed by atoms with Gasteiger partial charge in [-0.05, 0) is 12.5 Å². The van der Waals surface area contributed by atoms with E-state index in [1.54, 1.807) is 0 Å². The Bertz CT molecular complexity index is 441. The molecule has 0 spiro atoms. The molecule has 0 saturated carbocycles. The fourth-order valence-electron chi connectivity index (χ4n) is 1.35. The maximum Gasteiger partial charge on any atom is 0.274 e. The average molecular weight is 312 g/mol. The van der Waals surface area contributed by atoms with Crippen molar-refractivity contribution in [2.75, 3.05) is 0 Å². The first kappa shape index (κ1) is 15.4. The van der Waals surface area contributed by atoms with Gasteiger partial charge in [0.25, 0.3) is 5.91 Å². The Morgan fingerprint density at radius 2 is 1.94 bits per heavy atom. The summed E-state index contributed by atoms with van der Waals surface area (Å²) in [6.45, 7) is 1.93. The lowest BCUT2D eigenvalue weighted by Gasteiger charge is -2.18. The molecule has 18 heavy (non-hydrogen) atoms. The van der Waals surface area contributed by atoms with Crippen LogP contribution >= 0.6 is 34.8 Å². The molecule has 0 aromatic heterocycles. The summed E-state index contributed by atoms with van der Waals surface area (Å²) in [6.07, 6.45) is 0.561. The van der Waals surface area contributed by atoms with Crippen molar-refractivity contribution in [1.29, 1.82) is 0 Å². The number of ether oxygens (including phenoxy) is 1. The van der Waals surface area contributed by atoms with Crippen LogP contribution < -0.4 is 16.0 Å². The smallest absolute Gasteiger partial charge is 0.274 e. The average Bonchev–Trinajstić information content (AvgIpc) is 2.34. The van der Waals surface area contributed by atoms with Gasteiger partial charge in [0.2, 0.25) is 0 Å². The predicted molar refractivity (Wildman–Crippen MR) is 73.1 cm³/mol. The molecule has 3 N–H and O–H groups in total. The summed E-state index contributed by atoms with van der Waals surface area (Å²) in [5, 5.41) is 0.916. The minimum Gasteiger partial charge on any atom is -0.479 e. The van der Waals surface area contributed by atoms with E-state index >= 15 is 0 Å². The highest BCUT2D eigenvalue weighted by Crippen LogP contribution is 2.34. The van der Waals surface area contributed by atoms with Gasteiger partial charge in [-0.15, -0.1) is 0 Å². The van der Waals surface area contributed by atoms with Crippen LogP contribution in [-0.4, -0.2) is 12.0 Å². The van der Waals surface area contributed by atoms with Gasteiger partial charge in [0.1, 0.15) is 5.75 Å². The van der Waals surface area contributed by atoms with Gasteiger partial charge >= 0.3 is 0 Å². The Kier molecular flexibility index (Phi) is 6.02. The topological polar surface area (TPSA) is 64.3 Å². The van der Waals surface area contributed by atoms with Gasteiger partial charge in [0, 0.05) is 6.07 Å². The molecule has 0 aliphatic carbocycles. The van der Waals surface area contributed by atoms with Crippen LogP contribution in [0.1, 0.15) is 19.8 Å². The molecule has 1 rings (SSSR count). The third-order valence-electron chi connectivity index (χ3n) is 2.23. The largest absolute Gasteiger partial charge is 0.479 e. The first-order valence-electron chi connectivity index (χ1n) is 5.31. The molecule has 0 aliphatic heterocycles. The molecule has 100 valence electrons. The minimum absolute atomic E-state index is 0.287. The zero-order valence-corrected chi connectivity index (χ0v) is 11.9. The first-order valence-corrected chi connectivity index (χ1v) is 6.44. The number of halogens is 3. The van der Waals surface area contributed by atoms with Crippen LogP contribution in [0.5, 0.6) is 5.75 Å². The van der Waals surface area contributed by atoms with Crippen molar-refractivity contribution in [2.45, 2.75) is 25.9 Å². The third kappa shape index (κ3) is 3.92. The van der Waals surface area contributed by atoms with E-state index in [4.69, 9.17) is 45.4 Å². The Labute approximate surface area is 120 Å². The Morgan fingerprint density at radius 1 is 1.33 bits per heavy atom. The number of nitrogens with one attached hydrogen (secondary N) is 1. The maximum atomic E-state index is 11.5. The standard InChI is InChI=1S/C11H13Cl3N2O2/c1-2-3-9(11(17)16-15)18-10-5-7(13)6(12)4-8(10)14/h4-5,9H,2-3,15H2,1H3,(H,16,17). The molecule has 7 heteroatoms. The van der Waals surface area contributed by atoms with Gasteiger partial charge in [-0.3, -0.25) is 10.2 Å². The summed E-state index contributed by atoms with van der Waals surface area (Å²) in [4.78, 5) is 11.5. The zero-order valence-electron chi connectivity index (χ0n) is 9.67. The third-order valence-corrected chi connectivity index (χ3v) is 3.25. The Balaban J connectivity index is 2.93. The second-order valence-electron chi connectivity index (χ2n) is 3.60. The van der Waals surface area contributed by atoms with Crippen molar-refractivity contribution in [3.05, 3.63) is 27.2 Å². The second-order valence-corrected chi connectivity index (χ2v) is 4.82. The van der Waals surface area contributed by atoms with E-state index in [9.17, 15) is 4.79 Å². The Hall–Kier alpha value is -0.680. The van der Waals surface area contributed by atoms with E-state index in [2.05, 4.69) is 0 Å². The molecule has 0 bridgehead atoms. The molecule has 4 nitrogen and oxygen atoms in total. The summed E-state index contributed by atoms with van der Waals surface area (Å²) < 4.78 is 5.51. The van der Waals surface area contributed by atoms with Crippen molar-refractivity contribution >= 4 is 40.7 Å². The molecule has 1 atom stereocenters. The van der Waals surface area contributed by atoms with Crippen molar-refractivity contribution in [1.82, 2.24) is 5.43 Å². The molecule has 0 heterocycles. The summed E-state index contributed by atoms with van der Waals surface area (Å²) in [5.74, 6) is 4.97. The molecule has 0 fully saturated rings. The van der Waals surface area contributed by atoms with Gasteiger partial charge in [0.15, 0.2) is 6.10 Å². The number of hydrazine groups is 1. The van der Waals surface area contributed by atoms with Crippen molar-refractivity contribution < 1.29 is 9.53 Å². The number of amides is 1. The second kappa shape index (κ2) is 7.04. The van der Waals surface area contributed by atoms with E-state index in [-0.39, 0.29) is 5.02 Å². The summed E-state index contributed by atoms with van der Waals surface area (Å²) in [7, 11) is 0. The molecule has 1 aromatic carbocycles. The summed E-state index contributed by atoms with van der Waals surface area (Å²) in [5.41, 5.74) is 2.05. The fourth-order valence-corrected chi connectivity index (χ4v) is 1.93. The van der Waals surface area contributed by atoms with E-state index < -0.39 is 12.0 Å². The predicted octanol–water partition coefficient (Wildman–Crippen LogP) is 3.18. The van der Waals surface area contributed by atoms with Crippen molar-refractivity contribution in [3.63, 3.8) is 0 Å². The SMILES string of the molecule is CCCC(Oc1cc(Cl)c(Cl)cc1Cl)C(=O)NN. The molecule has 0 radical (unpaired) electrons. The monoisotopic (exact) mass is 310 g/mol. The number of hydrogen-bond acceptors (Lipinski definition) is 3. The number of rotatable bonds is 5. The number of carbonyl (C=O) groups excluding carboxylic acids is 1. The lowest BCUT2D eigenvalue weighted by molar-refractivity contribution is -0.128. The highest BCUT2D eigenvalue weighted by Gasteiger charge is 2.20. The molecule has 0 aliphatic rings. The van der Waals surface area contributed by atoms with Crippen LogP contribution in [0.15, 0.2) is 12.1 Å². The van der Waals surface area contributed by atoms with Gasteiger partial charge < -0.3 is 4.74 Å². The van der Waals surface area contributed by atoms with Gasteiger partial charge in [-0.1, -0.05) is 48.1 Å². The van der Waals surface area contributed by atoms with Crippen LogP contribution in [0, 0.1) is 0 Å². The van der Waals surface area contributed by atoms with E-state index in [1.807, 2.05) is 12.3 Å². The van der Waals surface area contributed by atoms with Crippen LogP contribution in [-0.2, 0) is 4.79 Å². The maximum absolute atomic E-state index is 11.5. The minimum atomic E-state index is -0.713. The van der Waals surface area contributed by atoms with Crippen LogP contribution in [0.25, 0.3) is 0 Å². The number of carbonyl (C=O) groups is 1. The van der Waals surface area contributed by atoms with E-state index in [0.717, 1.165) is 6.42 Å². The lowest BCUT2D eigenvalue weighted by atomic mass is 10.2. The molecular weight excluding hydrogens is 298 g/mol. The first-order chi connectivity index (χ1) is 8.49. The summed E-state index contributed by atoms with van der Waals surface area (Å²) in [6, 6.07) is 2.93. The van der Waals surface area contributed by atoms with Crippen LogP contribution in [0.2, 0.25) is 15.1 Å². The molecule has 0 saturated heterocycles. The van der Waals surface area contributed by atoms with Crippen LogP contribution in [0.4, 0.5) is 0 Å². The van der Waals surface area contributed by atoms with E-state index in [1.165, 1.54) is 12.1 Å². The molecule has 1 amide bonds. The molecule has 1 unspecified atom stereocenters. The fraction of sp³-hybridized carbons (Fsp3) is 0.364. The zero-order chi connectivity index (χ0) is 13.7. The van der Waals surface area contributed by atoms with Crippen LogP contribution in [0.3, 0.4) is 0 Å². The number of hydrogen-bond donors (Lipinski definition) is 2. The van der Waals surface area contributed by atoms with E-state index in [0.29, 0.717) is 22.2 Å². The van der Waals surface area contributed by atoms with Crippen molar-refractivity contribution in [2.24, 2.45) is 5.84 Å². The highest BCUT2D eigenvalue weighted by molar-refractivity contribution is 6.43. The number of nitrogens with two attached hydrogens (primary N) is 1. The van der Waals surface area contributed by atoms with Gasteiger partial charge in [-0.2, -0.15) is 0 Å².